The Morgan fingerprint density at radius 2 is 1.17 bits per heavy atom. The largest absolute Gasteiger partial charge is 0.494 e. The van der Waals surface area contributed by atoms with Gasteiger partial charge in [-0.15, -0.1) is 11.3 Å². The lowest BCUT2D eigenvalue weighted by atomic mass is 9.65. The first-order valence-electron chi connectivity index (χ1n) is 14.6. The molecule has 0 saturated carbocycles. The van der Waals surface area contributed by atoms with Crippen molar-refractivity contribution in [1.82, 2.24) is 0 Å². The number of ether oxygens (including phenoxy) is 1. The van der Waals surface area contributed by atoms with Crippen LogP contribution in [0.5, 0.6) is 11.5 Å². The molecular formula is C37H29BO3S. The predicted molar refractivity (Wildman–Crippen MR) is 172 cm³/mol. The molecule has 0 N–H and O–H groups in total. The number of para-hydroxylation sites is 2. The zero-order valence-electron chi connectivity index (χ0n) is 24.0. The first kappa shape index (κ1) is 24.7. The second-order valence-electron chi connectivity index (χ2n) is 12.7. The molecule has 3 aliphatic rings. The van der Waals surface area contributed by atoms with Crippen LogP contribution in [0.3, 0.4) is 0 Å². The Morgan fingerprint density at radius 1 is 0.548 bits per heavy atom. The van der Waals surface area contributed by atoms with Gasteiger partial charge in [-0.2, -0.15) is 0 Å². The van der Waals surface area contributed by atoms with E-state index in [1.165, 1.54) is 42.4 Å². The molecule has 2 aliphatic heterocycles. The first-order valence-corrected chi connectivity index (χ1v) is 15.4. The van der Waals surface area contributed by atoms with Gasteiger partial charge in [0.15, 0.2) is 0 Å². The highest BCUT2D eigenvalue weighted by molar-refractivity contribution is 7.25. The van der Waals surface area contributed by atoms with Gasteiger partial charge in [0, 0.05) is 31.3 Å². The van der Waals surface area contributed by atoms with Crippen LogP contribution < -0.4 is 10.2 Å². The van der Waals surface area contributed by atoms with Crippen LogP contribution in [0.2, 0.25) is 0 Å². The Morgan fingerprint density at radius 3 is 1.88 bits per heavy atom. The van der Waals surface area contributed by atoms with Gasteiger partial charge in [0.1, 0.15) is 11.5 Å². The SMILES string of the molecule is CC1(C)OB(c2ccc3c(c2)C2(c4ccccc4Oc4ccccc42)c2cc4sc5ccccc5c4cc2-3)OC1(C)C. The maximum atomic E-state index is 6.57. The summed E-state index contributed by atoms with van der Waals surface area (Å²) in [6.45, 7) is 8.44. The minimum Gasteiger partial charge on any atom is -0.457 e. The summed E-state index contributed by atoms with van der Waals surface area (Å²) >= 11 is 1.87. The van der Waals surface area contributed by atoms with Crippen molar-refractivity contribution in [2.45, 2.75) is 44.3 Å². The molecule has 1 aliphatic carbocycles. The molecule has 3 nitrogen and oxygen atoms in total. The third-order valence-electron chi connectivity index (χ3n) is 9.99. The van der Waals surface area contributed by atoms with E-state index >= 15 is 0 Å². The molecule has 6 aromatic rings. The normalized spacial score (nSPS) is 18.5. The van der Waals surface area contributed by atoms with Crippen molar-refractivity contribution < 1.29 is 14.0 Å². The van der Waals surface area contributed by atoms with Gasteiger partial charge in [0.05, 0.1) is 16.6 Å². The molecule has 1 spiro atoms. The molecule has 1 aromatic heterocycles. The summed E-state index contributed by atoms with van der Waals surface area (Å²) in [5.74, 6) is 1.79. The summed E-state index contributed by atoms with van der Waals surface area (Å²) in [5, 5.41) is 2.62. The smallest absolute Gasteiger partial charge is 0.457 e. The number of thiophene rings is 1. The van der Waals surface area contributed by atoms with Crippen LogP contribution in [-0.2, 0) is 14.7 Å². The second kappa shape index (κ2) is 8.14. The third-order valence-corrected chi connectivity index (χ3v) is 11.1. The van der Waals surface area contributed by atoms with Gasteiger partial charge < -0.3 is 14.0 Å². The number of hydrogen-bond donors (Lipinski definition) is 0. The Bertz CT molecular complexity index is 2040. The lowest BCUT2D eigenvalue weighted by Gasteiger charge is -2.39. The number of hydrogen-bond acceptors (Lipinski definition) is 4. The van der Waals surface area contributed by atoms with Gasteiger partial charge in [-0.1, -0.05) is 72.8 Å². The van der Waals surface area contributed by atoms with Crippen molar-refractivity contribution in [1.29, 1.82) is 0 Å². The van der Waals surface area contributed by atoms with E-state index < -0.39 is 23.7 Å². The Hall–Kier alpha value is -3.90. The highest BCUT2D eigenvalue weighted by Crippen LogP contribution is 2.62. The highest BCUT2D eigenvalue weighted by atomic mass is 32.1. The minimum absolute atomic E-state index is 0.416. The molecule has 42 heavy (non-hydrogen) atoms. The van der Waals surface area contributed by atoms with Gasteiger partial charge in [0.25, 0.3) is 0 Å². The van der Waals surface area contributed by atoms with Crippen LogP contribution >= 0.6 is 11.3 Å². The summed E-state index contributed by atoms with van der Waals surface area (Å²) in [6.07, 6.45) is 0. The summed E-state index contributed by atoms with van der Waals surface area (Å²) in [7, 11) is -0.446. The van der Waals surface area contributed by atoms with E-state index in [4.69, 9.17) is 14.0 Å². The molecule has 0 unspecified atom stereocenters. The lowest BCUT2D eigenvalue weighted by molar-refractivity contribution is 0.00578. The molecule has 9 rings (SSSR count). The zero-order chi connectivity index (χ0) is 28.4. The van der Waals surface area contributed by atoms with Crippen LogP contribution in [0.15, 0.2) is 103 Å². The zero-order valence-corrected chi connectivity index (χ0v) is 24.8. The maximum absolute atomic E-state index is 6.57. The topological polar surface area (TPSA) is 27.7 Å². The predicted octanol–water partition coefficient (Wildman–Crippen LogP) is 8.82. The van der Waals surface area contributed by atoms with E-state index in [-0.39, 0.29) is 0 Å². The average Bonchev–Trinajstić information content (AvgIpc) is 3.56. The van der Waals surface area contributed by atoms with E-state index in [0.717, 1.165) is 28.1 Å². The van der Waals surface area contributed by atoms with Crippen molar-refractivity contribution in [3.05, 3.63) is 125 Å². The molecule has 0 atom stereocenters. The van der Waals surface area contributed by atoms with Crippen molar-refractivity contribution in [3.8, 4) is 22.6 Å². The van der Waals surface area contributed by atoms with Gasteiger partial charge in [-0.25, -0.2) is 0 Å². The molecule has 0 amide bonds. The fourth-order valence-corrected chi connectivity index (χ4v) is 8.38. The van der Waals surface area contributed by atoms with Gasteiger partial charge in [-0.3, -0.25) is 0 Å². The van der Waals surface area contributed by atoms with Crippen LogP contribution in [0.25, 0.3) is 31.3 Å². The van der Waals surface area contributed by atoms with Gasteiger partial charge in [0.2, 0.25) is 0 Å². The molecule has 1 fully saturated rings. The van der Waals surface area contributed by atoms with Crippen molar-refractivity contribution in [3.63, 3.8) is 0 Å². The fourth-order valence-electron chi connectivity index (χ4n) is 7.26. The third kappa shape index (κ3) is 3.03. The van der Waals surface area contributed by atoms with E-state index in [0.29, 0.717) is 0 Å². The van der Waals surface area contributed by atoms with E-state index in [1.54, 1.807) is 0 Å². The molecule has 204 valence electrons. The Balaban J connectivity index is 1.39. The molecule has 5 heteroatoms. The fraction of sp³-hybridized carbons (Fsp3) is 0.189. The molecular weight excluding hydrogens is 535 g/mol. The molecule has 1 saturated heterocycles. The molecule has 0 radical (unpaired) electrons. The molecule has 3 heterocycles. The van der Waals surface area contributed by atoms with Crippen LogP contribution in [0, 0.1) is 0 Å². The van der Waals surface area contributed by atoms with Crippen LogP contribution in [0.1, 0.15) is 49.9 Å². The Kier molecular flexibility index (Phi) is 4.78. The average molecular weight is 565 g/mol. The van der Waals surface area contributed by atoms with Crippen molar-refractivity contribution in [2.75, 3.05) is 0 Å². The lowest BCUT2D eigenvalue weighted by Crippen LogP contribution is -2.41. The van der Waals surface area contributed by atoms with E-state index in [1.807, 2.05) is 11.3 Å². The number of rotatable bonds is 1. The van der Waals surface area contributed by atoms with Crippen LogP contribution in [0.4, 0.5) is 0 Å². The first-order chi connectivity index (χ1) is 20.3. The van der Waals surface area contributed by atoms with Crippen molar-refractivity contribution >= 4 is 44.1 Å². The minimum atomic E-state index is -0.542. The number of benzene rings is 5. The van der Waals surface area contributed by atoms with Crippen molar-refractivity contribution in [2.24, 2.45) is 0 Å². The second-order valence-corrected chi connectivity index (χ2v) is 13.8. The summed E-state index contributed by atoms with van der Waals surface area (Å²) < 4.78 is 22.3. The number of fused-ring (bicyclic) bond motifs is 12. The standard InChI is InChI=1S/C37H29BO3S/c1-35(2)36(3,4)41-38(40-35)22-17-18-23-25-20-26-24-11-5-10-16-33(24)42-34(26)21-30(25)37(29(23)19-22)27-12-6-8-14-31(27)39-32-15-9-7-13-28(32)37/h5-21H,1-4H3. The monoisotopic (exact) mass is 564 g/mol. The Labute approximate surface area is 249 Å². The summed E-state index contributed by atoms with van der Waals surface area (Å²) in [5.41, 5.74) is 7.04. The van der Waals surface area contributed by atoms with Gasteiger partial charge >= 0.3 is 7.12 Å². The van der Waals surface area contributed by atoms with E-state index in [9.17, 15) is 0 Å². The summed E-state index contributed by atoms with van der Waals surface area (Å²) in [4.78, 5) is 0. The molecule has 0 bridgehead atoms. The van der Waals surface area contributed by atoms with Crippen LogP contribution in [-0.4, -0.2) is 18.3 Å². The van der Waals surface area contributed by atoms with E-state index in [2.05, 4.69) is 131 Å². The molecule has 5 aromatic carbocycles. The van der Waals surface area contributed by atoms with Gasteiger partial charge in [-0.05, 0) is 85.7 Å². The highest BCUT2D eigenvalue weighted by Gasteiger charge is 2.54. The quantitative estimate of drug-likeness (QED) is 0.187. The summed E-state index contributed by atoms with van der Waals surface area (Å²) in [6, 6.07) is 37.5. The maximum Gasteiger partial charge on any atom is 0.494 e.